The summed E-state index contributed by atoms with van der Waals surface area (Å²) in [7, 11) is 0. The van der Waals surface area contributed by atoms with Gasteiger partial charge < -0.3 is 0 Å². The van der Waals surface area contributed by atoms with Crippen LogP contribution in [0, 0.1) is 0 Å². The van der Waals surface area contributed by atoms with Crippen LogP contribution >= 0.6 is 27.5 Å². The molecule has 0 bridgehead atoms. The number of imidazole rings is 1. The summed E-state index contributed by atoms with van der Waals surface area (Å²) in [6.45, 7) is 0. The van der Waals surface area contributed by atoms with Gasteiger partial charge >= 0.3 is 0 Å². The summed E-state index contributed by atoms with van der Waals surface area (Å²) >= 11 is 9.62. The largest absolute Gasteiger partial charge is 0.282 e. The number of nitrogens with zero attached hydrogens (tertiary/aromatic N) is 3. The van der Waals surface area contributed by atoms with E-state index in [1.54, 1.807) is 12.5 Å². The minimum Gasteiger partial charge on any atom is -0.282 e. The van der Waals surface area contributed by atoms with Crippen molar-refractivity contribution in [2.24, 2.45) is 0 Å². The molecule has 0 fully saturated rings. The first kappa shape index (κ1) is 10.7. The lowest BCUT2D eigenvalue weighted by molar-refractivity contribution is 1.08. The van der Waals surface area contributed by atoms with Crippen LogP contribution in [0.3, 0.4) is 0 Å². The molecule has 0 N–H and O–H groups in total. The van der Waals surface area contributed by atoms with Gasteiger partial charge in [-0.15, -0.1) is 0 Å². The molecule has 0 saturated carbocycles. The molecule has 3 nitrogen and oxygen atoms in total. The SMILES string of the molecule is Clc1ccccc1-c1nc(Br)c2ccncn12. The second-order valence-electron chi connectivity index (χ2n) is 3.54. The lowest BCUT2D eigenvalue weighted by Crippen LogP contribution is -1.90. The van der Waals surface area contributed by atoms with Crippen molar-refractivity contribution in [3.05, 3.63) is 52.5 Å². The van der Waals surface area contributed by atoms with Gasteiger partial charge in [0.25, 0.3) is 0 Å². The van der Waals surface area contributed by atoms with Crippen LogP contribution in [0.15, 0.2) is 47.5 Å². The van der Waals surface area contributed by atoms with Gasteiger partial charge in [0.1, 0.15) is 16.8 Å². The average molecular weight is 309 g/mol. The fourth-order valence-electron chi connectivity index (χ4n) is 1.73. The molecule has 0 aliphatic rings. The number of benzene rings is 1. The van der Waals surface area contributed by atoms with E-state index in [1.807, 2.05) is 34.7 Å². The smallest absolute Gasteiger partial charge is 0.148 e. The number of hydrogen-bond donors (Lipinski definition) is 0. The Morgan fingerprint density at radius 2 is 2.00 bits per heavy atom. The maximum Gasteiger partial charge on any atom is 0.148 e. The maximum atomic E-state index is 6.18. The van der Waals surface area contributed by atoms with E-state index in [9.17, 15) is 0 Å². The summed E-state index contributed by atoms with van der Waals surface area (Å²) in [5, 5.41) is 0.677. The van der Waals surface area contributed by atoms with Gasteiger partial charge in [-0.1, -0.05) is 23.7 Å². The van der Waals surface area contributed by atoms with E-state index in [2.05, 4.69) is 25.9 Å². The summed E-state index contributed by atoms with van der Waals surface area (Å²) in [6.07, 6.45) is 3.46. The molecule has 0 unspecified atom stereocenters. The Balaban J connectivity index is 2.35. The van der Waals surface area contributed by atoms with Crippen LogP contribution in [0.1, 0.15) is 0 Å². The Kier molecular flexibility index (Phi) is 2.61. The topological polar surface area (TPSA) is 30.2 Å². The molecule has 0 amide bonds. The predicted octanol–water partition coefficient (Wildman–Crippen LogP) is 3.81. The molecule has 0 aliphatic carbocycles. The first-order chi connectivity index (χ1) is 8.27. The Bertz CT molecular complexity index is 693. The minimum absolute atomic E-state index is 0.677. The van der Waals surface area contributed by atoms with Crippen molar-refractivity contribution in [2.75, 3.05) is 0 Å². The van der Waals surface area contributed by atoms with E-state index in [0.29, 0.717) is 5.02 Å². The van der Waals surface area contributed by atoms with E-state index < -0.39 is 0 Å². The average Bonchev–Trinajstić information content (AvgIpc) is 2.68. The fraction of sp³-hybridized carbons (Fsp3) is 0. The van der Waals surface area contributed by atoms with Gasteiger partial charge in [0, 0.05) is 11.8 Å². The zero-order valence-electron chi connectivity index (χ0n) is 8.64. The molecule has 3 aromatic rings. The summed E-state index contributed by atoms with van der Waals surface area (Å²) in [5.74, 6) is 0.783. The number of fused-ring (bicyclic) bond motifs is 1. The highest BCUT2D eigenvalue weighted by molar-refractivity contribution is 9.10. The standard InChI is InChI=1S/C12H7BrClN3/c13-11-10-5-6-15-7-17(10)12(16-11)8-3-1-2-4-9(8)14/h1-7H. The van der Waals surface area contributed by atoms with E-state index in [4.69, 9.17) is 11.6 Å². The molecular weight excluding hydrogens is 302 g/mol. The fourth-order valence-corrected chi connectivity index (χ4v) is 2.45. The van der Waals surface area contributed by atoms with Crippen LogP contribution in [-0.2, 0) is 0 Å². The van der Waals surface area contributed by atoms with Gasteiger partial charge in [-0.2, -0.15) is 0 Å². The highest BCUT2D eigenvalue weighted by Crippen LogP contribution is 2.30. The van der Waals surface area contributed by atoms with Gasteiger partial charge in [-0.05, 0) is 34.1 Å². The molecule has 5 heteroatoms. The number of rotatable bonds is 1. The Morgan fingerprint density at radius 1 is 1.18 bits per heavy atom. The molecule has 0 aliphatic heterocycles. The van der Waals surface area contributed by atoms with E-state index in [-0.39, 0.29) is 0 Å². The maximum absolute atomic E-state index is 6.18. The van der Waals surface area contributed by atoms with Crippen molar-refractivity contribution in [3.8, 4) is 11.4 Å². The molecule has 0 atom stereocenters. The van der Waals surface area contributed by atoms with Gasteiger partial charge in [0.15, 0.2) is 0 Å². The lowest BCUT2D eigenvalue weighted by atomic mass is 10.2. The second kappa shape index (κ2) is 4.13. The molecule has 2 heterocycles. The van der Waals surface area contributed by atoms with Crippen LogP contribution in [0.25, 0.3) is 16.9 Å². The molecule has 3 rings (SSSR count). The van der Waals surface area contributed by atoms with Gasteiger partial charge in [0.2, 0.25) is 0 Å². The third-order valence-electron chi connectivity index (χ3n) is 2.52. The molecule has 0 radical (unpaired) electrons. The van der Waals surface area contributed by atoms with Crippen LogP contribution in [0.4, 0.5) is 0 Å². The molecule has 84 valence electrons. The van der Waals surface area contributed by atoms with Crippen molar-refractivity contribution >= 4 is 33.0 Å². The molecule has 0 saturated heterocycles. The molecule has 0 spiro atoms. The van der Waals surface area contributed by atoms with E-state index >= 15 is 0 Å². The van der Waals surface area contributed by atoms with Gasteiger partial charge in [-0.3, -0.25) is 4.40 Å². The van der Waals surface area contributed by atoms with Crippen LogP contribution in [0.5, 0.6) is 0 Å². The van der Waals surface area contributed by atoms with Crippen molar-refractivity contribution < 1.29 is 0 Å². The summed E-state index contributed by atoms with van der Waals surface area (Å²) in [4.78, 5) is 8.58. The molecule has 2 aromatic heterocycles. The number of hydrogen-bond acceptors (Lipinski definition) is 2. The normalized spacial score (nSPS) is 10.9. The third kappa shape index (κ3) is 1.73. The zero-order valence-corrected chi connectivity index (χ0v) is 11.0. The minimum atomic E-state index is 0.677. The van der Waals surface area contributed by atoms with Gasteiger partial charge in [0.05, 0.1) is 10.5 Å². The first-order valence-electron chi connectivity index (χ1n) is 5.00. The van der Waals surface area contributed by atoms with Crippen molar-refractivity contribution in [1.29, 1.82) is 0 Å². The third-order valence-corrected chi connectivity index (χ3v) is 3.43. The Hall–Kier alpha value is -1.39. The predicted molar refractivity (Wildman–Crippen MR) is 71.1 cm³/mol. The van der Waals surface area contributed by atoms with Crippen LogP contribution in [0.2, 0.25) is 5.02 Å². The van der Waals surface area contributed by atoms with Crippen molar-refractivity contribution in [1.82, 2.24) is 14.4 Å². The highest BCUT2D eigenvalue weighted by atomic mass is 79.9. The highest BCUT2D eigenvalue weighted by Gasteiger charge is 2.12. The van der Waals surface area contributed by atoms with Crippen molar-refractivity contribution in [3.63, 3.8) is 0 Å². The zero-order chi connectivity index (χ0) is 11.8. The summed E-state index contributed by atoms with van der Waals surface area (Å²) in [6, 6.07) is 9.53. The molecular formula is C12H7BrClN3. The number of halogens is 2. The molecule has 17 heavy (non-hydrogen) atoms. The van der Waals surface area contributed by atoms with Crippen molar-refractivity contribution in [2.45, 2.75) is 0 Å². The second-order valence-corrected chi connectivity index (χ2v) is 4.70. The monoisotopic (exact) mass is 307 g/mol. The summed E-state index contributed by atoms with van der Waals surface area (Å²) in [5.41, 5.74) is 1.86. The Labute approximate surface area is 111 Å². The molecule has 1 aromatic carbocycles. The lowest BCUT2D eigenvalue weighted by Gasteiger charge is -2.02. The quantitative estimate of drug-likeness (QED) is 0.684. The summed E-state index contributed by atoms with van der Waals surface area (Å²) < 4.78 is 2.69. The van der Waals surface area contributed by atoms with Gasteiger partial charge in [-0.25, -0.2) is 9.97 Å². The Morgan fingerprint density at radius 3 is 2.82 bits per heavy atom. The van der Waals surface area contributed by atoms with E-state index in [1.165, 1.54) is 0 Å². The van der Waals surface area contributed by atoms with E-state index in [0.717, 1.165) is 21.5 Å². The first-order valence-corrected chi connectivity index (χ1v) is 6.17. The van der Waals surface area contributed by atoms with Crippen LogP contribution in [-0.4, -0.2) is 14.4 Å². The number of aromatic nitrogens is 3. The van der Waals surface area contributed by atoms with Crippen LogP contribution < -0.4 is 0 Å².